The van der Waals surface area contributed by atoms with Crippen molar-refractivity contribution < 1.29 is 14.0 Å². The van der Waals surface area contributed by atoms with E-state index < -0.39 is 0 Å². The molecule has 1 aliphatic rings. The molecule has 2 heterocycles. The van der Waals surface area contributed by atoms with Gasteiger partial charge in [-0.2, -0.15) is 4.98 Å². The van der Waals surface area contributed by atoms with Crippen LogP contribution in [0.4, 0.5) is 0 Å². The SMILES string of the molecule is COc1ccc(OC)c([C@@H]2CCCN2Cc2nc(C)no2)c1. The number of ether oxygens (including phenoxy) is 2. The van der Waals surface area contributed by atoms with Crippen LogP contribution < -0.4 is 9.47 Å². The normalized spacial score (nSPS) is 18.6. The summed E-state index contributed by atoms with van der Waals surface area (Å²) in [7, 11) is 3.38. The molecule has 3 rings (SSSR count). The van der Waals surface area contributed by atoms with Crippen LogP contribution in [-0.2, 0) is 6.54 Å². The molecule has 0 spiro atoms. The minimum absolute atomic E-state index is 0.275. The van der Waals surface area contributed by atoms with E-state index in [2.05, 4.69) is 21.1 Å². The average molecular weight is 303 g/mol. The smallest absolute Gasteiger partial charge is 0.240 e. The van der Waals surface area contributed by atoms with Gasteiger partial charge in [0.25, 0.3) is 0 Å². The summed E-state index contributed by atoms with van der Waals surface area (Å²) in [5.41, 5.74) is 1.15. The number of aryl methyl sites for hydroxylation is 1. The number of hydrogen-bond donors (Lipinski definition) is 0. The highest BCUT2D eigenvalue weighted by molar-refractivity contribution is 5.42. The van der Waals surface area contributed by atoms with Crippen LogP contribution in [0, 0.1) is 6.92 Å². The highest BCUT2D eigenvalue weighted by Crippen LogP contribution is 2.39. The van der Waals surface area contributed by atoms with Gasteiger partial charge in [0.15, 0.2) is 5.82 Å². The van der Waals surface area contributed by atoms with Crippen molar-refractivity contribution in [2.45, 2.75) is 32.4 Å². The number of methoxy groups -OCH3 is 2. The number of hydrogen-bond acceptors (Lipinski definition) is 6. The number of aromatic nitrogens is 2. The van der Waals surface area contributed by atoms with E-state index in [0.29, 0.717) is 18.3 Å². The molecule has 22 heavy (non-hydrogen) atoms. The zero-order chi connectivity index (χ0) is 15.5. The van der Waals surface area contributed by atoms with Crippen molar-refractivity contribution in [1.29, 1.82) is 0 Å². The van der Waals surface area contributed by atoms with E-state index in [1.807, 2.05) is 19.1 Å². The first-order valence-corrected chi connectivity index (χ1v) is 7.46. The standard InChI is InChI=1S/C16H21N3O3/c1-11-17-16(22-18-11)10-19-8-4-5-14(19)13-9-12(20-2)6-7-15(13)21-3/h6-7,9,14H,4-5,8,10H2,1-3H3/t14-/m0/s1. The van der Waals surface area contributed by atoms with Crippen LogP contribution in [0.2, 0.25) is 0 Å². The molecule has 0 unspecified atom stereocenters. The molecule has 6 nitrogen and oxygen atoms in total. The molecule has 0 N–H and O–H groups in total. The Morgan fingerprint density at radius 3 is 2.86 bits per heavy atom. The lowest BCUT2D eigenvalue weighted by Crippen LogP contribution is -2.23. The number of rotatable bonds is 5. The molecule has 1 aliphatic heterocycles. The molecular weight excluding hydrogens is 282 g/mol. The summed E-state index contributed by atoms with van der Waals surface area (Å²) in [5, 5.41) is 3.86. The third kappa shape index (κ3) is 2.92. The highest BCUT2D eigenvalue weighted by Gasteiger charge is 2.30. The van der Waals surface area contributed by atoms with Crippen LogP contribution in [0.25, 0.3) is 0 Å². The Morgan fingerprint density at radius 2 is 2.18 bits per heavy atom. The van der Waals surface area contributed by atoms with Crippen molar-refractivity contribution in [1.82, 2.24) is 15.0 Å². The number of likely N-dealkylation sites (tertiary alicyclic amines) is 1. The summed E-state index contributed by atoms with van der Waals surface area (Å²) >= 11 is 0. The molecule has 1 aromatic heterocycles. The molecule has 0 bridgehead atoms. The van der Waals surface area contributed by atoms with Gasteiger partial charge >= 0.3 is 0 Å². The minimum atomic E-state index is 0.275. The Bertz CT molecular complexity index is 641. The average Bonchev–Trinajstić information content (AvgIpc) is 3.16. The lowest BCUT2D eigenvalue weighted by atomic mass is 10.0. The Morgan fingerprint density at radius 1 is 1.32 bits per heavy atom. The van der Waals surface area contributed by atoms with Crippen LogP contribution in [-0.4, -0.2) is 35.8 Å². The minimum Gasteiger partial charge on any atom is -0.497 e. The second kappa shape index (κ2) is 6.36. The molecule has 0 saturated carbocycles. The third-order valence-corrected chi connectivity index (χ3v) is 4.07. The van der Waals surface area contributed by atoms with E-state index in [-0.39, 0.29) is 6.04 Å². The van der Waals surface area contributed by atoms with Crippen LogP contribution >= 0.6 is 0 Å². The Hall–Kier alpha value is -2.08. The molecule has 2 aromatic rings. The van der Waals surface area contributed by atoms with Gasteiger partial charge in [-0.3, -0.25) is 4.90 Å². The summed E-state index contributed by atoms with van der Waals surface area (Å²) in [5.74, 6) is 3.06. The molecule has 1 saturated heterocycles. The second-order valence-electron chi connectivity index (χ2n) is 5.47. The van der Waals surface area contributed by atoms with Gasteiger partial charge in [-0.25, -0.2) is 0 Å². The second-order valence-corrected chi connectivity index (χ2v) is 5.47. The summed E-state index contributed by atoms with van der Waals surface area (Å²) < 4.78 is 16.1. The molecule has 1 atom stereocenters. The van der Waals surface area contributed by atoms with Crippen LogP contribution in [0.1, 0.15) is 36.2 Å². The van der Waals surface area contributed by atoms with Crippen molar-refractivity contribution in [2.24, 2.45) is 0 Å². The van der Waals surface area contributed by atoms with E-state index in [1.165, 1.54) is 0 Å². The van der Waals surface area contributed by atoms with E-state index in [4.69, 9.17) is 14.0 Å². The van der Waals surface area contributed by atoms with Crippen molar-refractivity contribution in [3.63, 3.8) is 0 Å². The van der Waals surface area contributed by atoms with Crippen LogP contribution in [0.15, 0.2) is 22.7 Å². The maximum Gasteiger partial charge on any atom is 0.240 e. The Kier molecular flexibility index (Phi) is 4.29. The number of benzene rings is 1. The largest absolute Gasteiger partial charge is 0.497 e. The van der Waals surface area contributed by atoms with E-state index >= 15 is 0 Å². The molecule has 1 aromatic carbocycles. The molecule has 0 amide bonds. The fourth-order valence-electron chi connectivity index (χ4n) is 3.05. The topological polar surface area (TPSA) is 60.6 Å². The van der Waals surface area contributed by atoms with Crippen LogP contribution in [0.3, 0.4) is 0 Å². The quantitative estimate of drug-likeness (QED) is 0.846. The first-order valence-electron chi connectivity index (χ1n) is 7.46. The number of nitrogens with zero attached hydrogens (tertiary/aromatic N) is 3. The molecular formula is C16H21N3O3. The summed E-state index contributed by atoms with van der Waals surface area (Å²) in [6, 6.07) is 6.21. The predicted molar refractivity (Wildman–Crippen MR) is 81.0 cm³/mol. The van der Waals surface area contributed by atoms with Crippen molar-refractivity contribution in [2.75, 3.05) is 20.8 Å². The Balaban J connectivity index is 1.86. The van der Waals surface area contributed by atoms with Gasteiger partial charge in [-0.05, 0) is 44.5 Å². The molecule has 118 valence electrons. The lowest BCUT2D eigenvalue weighted by molar-refractivity contribution is 0.208. The van der Waals surface area contributed by atoms with Gasteiger partial charge in [0.1, 0.15) is 11.5 Å². The third-order valence-electron chi connectivity index (χ3n) is 4.07. The lowest BCUT2D eigenvalue weighted by Gasteiger charge is -2.25. The summed E-state index contributed by atoms with van der Waals surface area (Å²) in [6.07, 6.45) is 2.22. The molecule has 0 aliphatic carbocycles. The molecule has 6 heteroatoms. The molecule has 1 fully saturated rings. The zero-order valence-electron chi connectivity index (χ0n) is 13.2. The monoisotopic (exact) mass is 303 g/mol. The summed E-state index contributed by atoms with van der Waals surface area (Å²) in [6.45, 7) is 3.50. The fraction of sp³-hybridized carbons (Fsp3) is 0.500. The van der Waals surface area contributed by atoms with Crippen LogP contribution in [0.5, 0.6) is 11.5 Å². The van der Waals surface area contributed by atoms with Gasteiger partial charge in [-0.1, -0.05) is 5.16 Å². The maximum atomic E-state index is 5.53. The fourth-order valence-corrected chi connectivity index (χ4v) is 3.05. The zero-order valence-corrected chi connectivity index (χ0v) is 13.2. The van der Waals surface area contributed by atoms with Crippen molar-refractivity contribution in [3.05, 3.63) is 35.5 Å². The van der Waals surface area contributed by atoms with E-state index in [1.54, 1.807) is 14.2 Å². The molecule has 0 radical (unpaired) electrons. The van der Waals surface area contributed by atoms with Gasteiger partial charge in [-0.15, -0.1) is 0 Å². The first-order chi connectivity index (χ1) is 10.7. The van der Waals surface area contributed by atoms with Gasteiger partial charge < -0.3 is 14.0 Å². The predicted octanol–water partition coefficient (Wildman–Crippen LogP) is 2.73. The Labute approximate surface area is 130 Å². The highest BCUT2D eigenvalue weighted by atomic mass is 16.5. The van der Waals surface area contributed by atoms with Gasteiger partial charge in [0.05, 0.1) is 20.8 Å². The van der Waals surface area contributed by atoms with Crippen molar-refractivity contribution >= 4 is 0 Å². The van der Waals surface area contributed by atoms with E-state index in [9.17, 15) is 0 Å². The van der Waals surface area contributed by atoms with E-state index in [0.717, 1.165) is 36.4 Å². The maximum absolute atomic E-state index is 5.53. The van der Waals surface area contributed by atoms with Gasteiger partial charge in [0.2, 0.25) is 5.89 Å². The summed E-state index contributed by atoms with van der Waals surface area (Å²) in [4.78, 5) is 6.65. The first kappa shape index (κ1) is 14.8. The van der Waals surface area contributed by atoms with Gasteiger partial charge in [0, 0.05) is 11.6 Å². The van der Waals surface area contributed by atoms with Crippen molar-refractivity contribution in [3.8, 4) is 11.5 Å².